The largest absolute Gasteiger partial charge is 0.389 e. The lowest BCUT2D eigenvalue weighted by atomic mass is 10.1. The zero-order valence-corrected chi connectivity index (χ0v) is 11.9. The summed E-state index contributed by atoms with van der Waals surface area (Å²) in [7, 11) is 6.00. The van der Waals surface area contributed by atoms with Crippen molar-refractivity contribution in [1.82, 2.24) is 9.80 Å². The summed E-state index contributed by atoms with van der Waals surface area (Å²) in [5, 5.41) is 0. The van der Waals surface area contributed by atoms with E-state index >= 15 is 0 Å². The van der Waals surface area contributed by atoms with Gasteiger partial charge in [-0.05, 0) is 27.2 Å². The molecule has 0 bridgehead atoms. The van der Waals surface area contributed by atoms with Crippen LogP contribution in [0, 0.1) is 5.82 Å². The fourth-order valence-electron chi connectivity index (χ4n) is 1.63. The Bertz CT molecular complexity index is 421. The Kier molecular flexibility index (Phi) is 5.65. The van der Waals surface area contributed by atoms with Crippen molar-refractivity contribution in [3.63, 3.8) is 0 Å². The molecule has 0 spiro atoms. The highest BCUT2D eigenvalue weighted by Crippen LogP contribution is 2.14. The number of hydrogen-bond acceptors (Lipinski definition) is 3. The van der Waals surface area contributed by atoms with Crippen LogP contribution in [0.25, 0.3) is 0 Å². The average Bonchev–Trinajstić information content (AvgIpc) is 2.29. The van der Waals surface area contributed by atoms with E-state index < -0.39 is 0 Å². The zero-order valence-electron chi connectivity index (χ0n) is 11.1. The number of hydrogen-bond donors (Lipinski definition) is 1. The lowest BCUT2D eigenvalue weighted by Gasteiger charge is -2.20. The molecule has 0 unspecified atom stereocenters. The molecule has 18 heavy (non-hydrogen) atoms. The third-order valence-electron chi connectivity index (χ3n) is 2.71. The van der Waals surface area contributed by atoms with Gasteiger partial charge in [0, 0.05) is 30.8 Å². The van der Waals surface area contributed by atoms with Gasteiger partial charge >= 0.3 is 0 Å². The van der Waals surface area contributed by atoms with Gasteiger partial charge in [-0.15, -0.1) is 0 Å². The minimum Gasteiger partial charge on any atom is -0.389 e. The van der Waals surface area contributed by atoms with Crippen LogP contribution in [0.5, 0.6) is 0 Å². The van der Waals surface area contributed by atoms with Crippen LogP contribution < -0.4 is 5.73 Å². The molecule has 5 heteroatoms. The number of benzene rings is 1. The maximum atomic E-state index is 14.1. The number of thiocarbonyl (C=S) groups is 1. The van der Waals surface area contributed by atoms with Crippen molar-refractivity contribution in [1.29, 1.82) is 0 Å². The van der Waals surface area contributed by atoms with Crippen molar-refractivity contribution in [2.75, 3.05) is 34.2 Å². The molecule has 0 aliphatic heterocycles. The number of nitrogens with two attached hydrogens (primary N) is 1. The van der Waals surface area contributed by atoms with Crippen molar-refractivity contribution in [2.24, 2.45) is 5.73 Å². The summed E-state index contributed by atoms with van der Waals surface area (Å²) in [6.07, 6.45) is 0. The van der Waals surface area contributed by atoms with Crippen LogP contribution in [0.4, 0.5) is 4.39 Å². The Hall–Kier alpha value is -1.04. The first-order chi connectivity index (χ1) is 8.41. The summed E-state index contributed by atoms with van der Waals surface area (Å²) in [6.45, 7) is 2.37. The van der Waals surface area contributed by atoms with Crippen LogP contribution in [0.15, 0.2) is 18.2 Å². The maximum absolute atomic E-state index is 14.1. The van der Waals surface area contributed by atoms with Crippen LogP contribution in [0.3, 0.4) is 0 Å². The maximum Gasteiger partial charge on any atom is 0.137 e. The second-order valence-corrected chi connectivity index (χ2v) is 5.12. The van der Waals surface area contributed by atoms with E-state index in [4.69, 9.17) is 18.0 Å². The number of halogens is 1. The summed E-state index contributed by atoms with van der Waals surface area (Å²) in [4.78, 5) is 4.27. The van der Waals surface area contributed by atoms with Gasteiger partial charge < -0.3 is 15.5 Å². The summed E-state index contributed by atoms with van der Waals surface area (Å²) >= 11 is 4.83. The van der Waals surface area contributed by atoms with E-state index in [0.29, 0.717) is 17.7 Å². The van der Waals surface area contributed by atoms with E-state index in [2.05, 4.69) is 9.80 Å². The Balaban J connectivity index is 2.73. The van der Waals surface area contributed by atoms with Crippen LogP contribution >= 0.6 is 12.2 Å². The monoisotopic (exact) mass is 269 g/mol. The molecule has 3 nitrogen and oxygen atoms in total. The van der Waals surface area contributed by atoms with Gasteiger partial charge in [-0.3, -0.25) is 0 Å². The van der Waals surface area contributed by atoms with Gasteiger partial charge in [0.15, 0.2) is 0 Å². The molecule has 0 atom stereocenters. The molecule has 2 N–H and O–H groups in total. The van der Waals surface area contributed by atoms with Gasteiger partial charge in [0.25, 0.3) is 0 Å². The first-order valence-corrected chi connectivity index (χ1v) is 6.23. The quantitative estimate of drug-likeness (QED) is 0.792. The van der Waals surface area contributed by atoms with Crippen LogP contribution in [0.2, 0.25) is 0 Å². The molecular formula is C13H20FN3S. The topological polar surface area (TPSA) is 32.5 Å². The zero-order chi connectivity index (χ0) is 13.7. The SMILES string of the molecule is CN(C)CCN(C)Cc1cccc(C(N)=S)c1F. The second-order valence-electron chi connectivity index (χ2n) is 4.68. The number of likely N-dealkylation sites (N-methyl/N-ethyl adjacent to an activating group) is 2. The van der Waals surface area contributed by atoms with Gasteiger partial charge in [0.2, 0.25) is 0 Å². The highest BCUT2D eigenvalue weighted by molar-refractivity contribution is 7.80. The second kappa shape index (κ2) is 6.78. The van der Waals surface area contributed by atoms with E-state index in [-0.39, 0.29) is 10.8 Å². The predicted octanol–water partition coefficient (Wildman–Crippen LogP) is 1.45. The molecule has 0 saturated carbocycles. The molecule has 0 aromatic heterocycles. The van der Waals surface area contributed by atoms with Crippen LogP contribution in [-0.4, -0.2) is 49.0 Å². The van der Waals surface area contributed by atoms with Crippen LogP contribution in [-0.2, 0) is 6.54 Å². The molecule has 1 aromatic carbocycles. The molecular weight excluding hydrogens is 249 g/mol. The lowest BCUT2D eigenvalue weighted by Crippen LogP contribution is -2.28. The summed E-state index contributed by atoms with van der Waals surface area (Å²) < 4.78 is 14.1. The van der Waals surface area contributed by atoms with Crippen molar-refractivity contribution in [3.8, 4) is 0 Å². The first kappa shape index (κ1) is 15.0. The molecule has 0 heterocycles. The van der Waals surface area contributed by atoms with E-state index in [9.17, 15) is 4.39 Å². The Morgan fingerprint density at radius 2 is 1.94 bits per heavy atom. The van der Waals surface area contributed by atoms with Gasteiger partial charge in [-0.25, -0.2) is 4.39 Å². The summed E-state index contributed by atoms with van der Waals surface area (Å²) in [5.41, 5.74) is 6.43. The molecule has 0 fully saturated rings. The number of rotatable bonds is 6. The Labute approximate surface area is 113 Å². The summed E-state index contributed by atoms with van der Waals surface area (Å²) in [6, 6.07) is 5.16. The van der Waals surface area contributed by atoms with E-state index in [1.165, 1.54) is 0 Å². The molecule has 100 valence electrons. The third-order valence-corrected chi connectivity index (χ3v) is 2.93. The molecule has 0 saturated heterocycles. The van der Waals surface area contributed by atoms with Crippen molar-refractivity contribution in [3.05, 3.63) is 35.1 Å². The molecule has 1 rings (SSSR count). The molecule has 0 amide bonds. The lowest BCUT2D eigenvalue weighted by molar-refractivity contribution is 0.273. The minimum atomic E-state index is -0.304. The molecule has 0 aliphatic carbocycles. The fraction of sp³-hybridized carbons (Fsp3) is 0.462. The highest BCUT2D eigenvalue weighted by atomic mass is 32.1. The van der Waals surface area contributed by atoms with Crippen molar-refractivity contribution >= 4 is 17.2 Å². The van der Waals surface area contributed by atoms with Crippen LogP contribution in [0.1, 0.15) is 11.1 Å². The smallest absolute Gasteiger partial charge is 0.137 e. The highest BCUT2D eigenvalue weighted by Gasteiger charge is 2.11. The molecule has 1 aromatic rings. The van der Waals surface area contributed by atoms with E-state index in [1.54, 1.807) is 18.2 Å². The van der Waals surface area contributed by atoms with E-state index in [0.717, 1.165) is 13.1 Å². The normalized spacial score (nSPS) is 11.2. The average molecular weight is 269 g/mol. The standard InChI is InChI=1S/C13H20FN3S/c1-16(2)7-8-17(3)9-10-5-4-6-11(12(10)14)13(15)18/h4-6H,7-9H2,1-3H3,(H2,15,18). The van der Waals surface area contributed by atoms with Crippen molar-refractivity contribution < 1.29 is 4.39 Å². The number of nitrogens with zero attached hydrogens (tertiary/aromatic N) is 2. The van der Waals surface area contributed by atoms with E-state index in [1.807, 2.05) is 21.1 Å². The van der Waals surface area contributed by atoms with Crippen molar-refractivity contribution in [2.45, 2.75) is 6.54 Å². The minimum absolute atomic E-state index is 0.102. The predicted molar refractivity (Wildman–Crippen MR) is 77.2 cm³/mol. The van der Waals surface area contributed by atoms with Gasteiger partial charge in [0.1, 0.15) is 10.8 Å². The van der Waals surface area contributed by atoms with Gasteiger partial charge in [-0.2, -0.15) is 0 Å². The summed E-state index contributed by atoms with van der Waals surface area (Å²) in [5.74, 6) is -0.304. The Morgan fingerprint density at radius 3 is 2.50 bits per heavy atom. The third kappa shape index (κ3) is 4.33. The first-order valence-electron chi connectivity index (χ1n) is 5.82. The van der Waals surface area contributed by atoms with Gasteiger partial charge in [-0.1, -0.05) is 24.4 Å². The van der Waals surface area contributed by atoms with Gasteiger partial charge in [0.05, 0.1) is 0 Å². The molecule has 0 aliphatic rings. The fourth-order valence-corrected chi connectivity index (χ4v) is 1.79. The Morgan fingerprint density at radius 1 is 1.28 bits per heavy atom. The molecule has 0 radical (unpaired) electrons.